The second-order valence-electron chi connectivity index (χ2n) is 20.1. The maximum absolute atomic E-state index is 12.8. The number of benzene rings is 5. The molecule has 22 nitrogen and oxygen atoms in total. The smallest absolute Gasteiger partial charge is 0.303 e. The van der Waals surface area contributed by atoms with E-state index < -0.39 is 115 Å². The lowest BCUT2D eigenvalue weighted by Crippen LogP contribution is -2.41. The van der Waals surface area contributed by atoms with Gasteiger partial charge >= 0.3 is 5.97 Å². The summed E-state index contributed by atoms with van der Waals surface area (Å²) in [6.45, 7) is 6.75. The van der Waals surface area contributed by atoms with Crippen molar-refractivity contribution in [1.82, 2.24) is 0 Å². The highest BCUT2D eigenvalue weighted by molar-refractivity contribution is 7.87. The lowest BCUT2D eigenvalue weighted by molar-refractivity contribution is -0.137. The average molecular weight is 1200 g/mol. The highest BCUT2D eigenvalue weighted by Crippen LogP contribution is 2.53. The van der Waals surface area contributed by atoms with E-state index in [1.165, 1.54) is 24.3 Å². The molecule has 0 radical (unpaired) electrons. The lowest BCUT2D eigenvalue weighted by atomic mass is 9.78. The van der Waals surface area contributed by atoms with Crippen molar-refractivity contribution in [1.29, 1.82) is 0 Å². The van der Waals surface area contributed by atoms with Crippen LogP contribution in [0.3, 0.4) is 0 Å². The van der Waals surface area contributed by atoms with Crippen LogP contribution >= 0.6 is 0 Å². The van der Waals surface area contributed by atoms with Gasteiger partial charge in [0.05, 0.1) is 27.3 Å². The first-order valence-corrected chi connectivity index (χ1v) is 32.8. The quantitative estimate of drug-likeness (QED) is 0.0218. The molecule has 1 unspecified atom stereocenters. The fourth-order valence-electron chi connectivity index (χ4n) is 10.6. The SMILES string of the molecule is CC1(C)\C(=C/C=C(/C=C/C2N(CCCS(=O)(=O)O)c3ccc4c(S(=O)(=O)O)cc(S(=O)(=O)O)cc4c3C2(C)C)c2cccc(CCCCC(=O)O)c2)N(CCCS(=O)(=O)O)c2ccc3c(S(=O)(=O)O)cc(S(=O)(=O)O)cc3c21. The zero-order valence-electron chi connectivity index (χ0n) is 42.2. The molecule has 2 aliphatic rings. The standard InChI is InChI=1S/C50H56N2O20S6/c1-49(2)44(51(22-8-24-73(55,56)57)40-18-16-36-38(47(40)49)27-34(75(61,62)63)29-42(36)77(67,68)69)20-14-32(33-12-7-11-31(26-33)10-5-6-13-46(53)54)15-21-45-50(3,4)48-39-28-35(76(64,65)66)30-43(78(70,71)72)37(39)17-19-41(48)52(45)23-9-25-74(58,59)60/h7,11-12,14-21,26-30,44H,5-6,8-10,13,22-25H2,1-4H3,(H,53,54)(H,55,56,57)(H,58,59,60)(H,61,62,63)(H,64,65,66)(H,67,68,69)(H,70,71,72)/b20-14+,32-15-,45-21+. The summed E-state index contributed by atoms with van der Waals surface area (Å²) in [6, 6.07) is 15.4. The summed E-state index contributed by atoms with van der Waals surface area (Å²) >= 11 is 0. The zero-order valence-corrected chi connectivity index (χ0v) is 47.1. The van der Waals surface area contributed by atoms with Crippen LogP contribution in [-0.4, -0.2) is 120 Å². The van der Waals surface area contributed by atoms with Gasteiger partial charge in [-0.1, -0.05) is 82.3 Å². The van der Waals surface area contributed by atoms with Crippen LogP contribution in [0.2, 0.25) is 0 Å². The van der Waals surface area contributed by atoms with Gasteiger partial charge in [0.15, 0.2) is 0 Å². The second-order valence-corrected chi connectivity index (χ2v) is 28.9. The molecular formula is C50H56N2O20S6. The number of carboxylic acids is 1. The van der Waals surface area contributed by atoms with Gasteiger partial charge in [-0.2, -0.15) is 50.5 Å². The zero-order chi connectivity index (χ0) is 57.9. The number of aryl methyl sites for hydroxylation is 1. The normalized spacial score (nSPS) is 17.6. The van der Waals surface area contributed by atoms with Crippen LogP contribution < -0.4 is 9.80 Å². The van der Waals surface area contributed by atoms with E-state index in [4.69, 9.17) is 0 Å². The Morgan fingerprint density at radius 1 is 0.590 bits per heavy atom. The number of carboxylic acid groups (broad SMARTS) is 1. The number of rotatable bonds is 21. The first-order valence-electron chi connectivity index (χ1n) is 23.8. The largest absolute Gasteiger partial charge is 0.481 e. The fourth-order valence-corrected chi connectivity index (χ4v) is 14.3. The van der Waals surface area contributed by atoms with Crippen LogP contribution in [0.15, 0.2) is 122 Å². The van der Waals surface area contributed by atoms with Crippen molar-refractivity contribution in [3.05, 3.63) is 125 Å². The highest BCUT2D eigenvalue weighted by Gasteiger charge is 2.46. The van der Waals surface area contributed by atoms with Crippen molar-refractivity contribution in [2.45, 2.75) is 103 Å². The molecule has 0 amide bonds. The summed E-state index contributed by atoms with van der Waals surface area (Å²) in [5.41, 5.74) is 1.18. The van der Waals surface area contributed by atoms with Gasteiger partial charge in [0.1, 0.15) is 9.79 Å². The van der Waals surface area contributed by atoms with Gasteiger partial charge in [0.25, 0.3) is 60.7 Å². The number of allylic oxidation sites excluding steroid dienone is 5. The fraction of sp³-hybridized carbons (Fsp3) is 0.340. The molecule has 5 aromatic carbocycles. The van der Waals surface area contributed by atoms with E-state index in [-0.39, 0.29) is 53.9 Å². The molecule has 28 heteroatoms. The minimum Gasteiger partial charge on any atom is -0.481 e. The van der Waals surface area contributed by atoms with Gasteiger partial charge in [0, 0.05) is 58.2 Å². The van der Waals surface area contributed by atoms with Gasteiger partial charge in [-0.3, -0.25) is 32.1 Å². The van der Waals surface area contributed by atoms with E-state index in [0.717, 1.165) is 17.7 Å². The topological polar surface area (TPSA) is 370 Å². The molecule has 78 heavy (non-hydrogen) atoms. The third-order valence-electron chi connectivity index (χ3n) is 14.0. The summed E-state index contributed by atoms with van der Waals surface area (Å²) < 4.78 is 210. The van der Waals surface area contributed by atoms with Gasteiger partial charge in [-0.15, -0.1) is 0 Å². The van der Waals surface area contributed by atoms with Crippen molar-refractivity contribution in [2.24, 2.45) is 0 Å². The van der Waals surface area contributed by atoms with E-state index >= 15 is 0 Å². The Balaban J connectivity index is 1.48. The highest BCUT2D eigenvalue weighted by atomic mass is 32.2. The summed E-state index contributed by atoms with van der Waals surface area (Å²) in [5.74, 6) is -2.33. The van der Waals surface area contributed by atoms with Gasteiger partial charge < -0.3 is 14.9 Å². The van der Waals surface area contributed by atoms with E-state index in [9.17, 15) is 87.7 Å². The van der Waals surface area contributed by atoms with Crippen molar-refractivity contribution in [3.63, 3.8) is 0 Å². The van der Waals surface area contributed by atoms with Crippen molar-refractivity contribution in [2.75, 3.05) is 34.4 Å². The maximum Gasteiger partial charge on any atom is 0.303 e. The predicted octanol–water partition coefficient (Wildman–Crippen LogP) is 7.12. The number of anilines is 2. The molecule has 0 saturated heterocycles. The van der Waals surface area contributed by atoms with Gasteiger partial charge in [-0.05, 0) is 113 Å². The second kappa shape index (κ2) is 21.4. The molecule has 1 atom stereocenters. The Morgan fingerprint density at radius 2 is 1.12 bits per heavy atom. The van der Waals surface area contributed by atoms with E-state index in [1.54, 1.807) is 73.9 Å². The molecule has 2 heterocycles. The minimum atomic E-state index is -5.12. The third-order valence-corrected chi connectivity index (χ3v) is 19.0. The summed E-state index contributed by atoms with van der Waals surface area (Å²) in [6.07, 6.45) is 7.80. The van der Waals surface area contributed by atoms with Crippen LogP contribution in [0.5, 0.6) is 0 Å². The number of hydrogen-bond donors (Lipinski definition) is 7. The summed E-state index contributed by atoms with van der Waals surface area (Å²) in [7, 11) is -29.4. The Labute approximate surface area is 452 Å². The van der Waals surface area contributed by atoms with Crippen LogP contribution in [0.1, 0.15) is 82.1 Å². The average Bonchev–Trinajstić information content (AvgIpc) is 3.80. The van der Waals surface area contributed by atoms with E-state index in [0.29, 0.717) is 70.7 Å². The molecular weight excluding hydrogens is 1140 g/mol. The number of unbranched alkanes of at least 4 members (excludes halogenated alkanes) is 1. The van der Waals surface area contributed by atoms with Gasteiger partial charge in [-0.25, -0.2) is 0 Å². The Bertz CT molecular complexity index is 4090. The maximum atomic E-state index is 12.8. The summed E-state index contributed by atoms with van der Waals surface area (Å²) in [4.78, 5) is 11.4. The molecule has 0 aliphatic carbocycles. The van der Waals surface area contributed by atoms with Crippen LogP contribution in [0.25, 0.3) is 27.1 Å². The molecule has 7 rings (SSSR count). The Morgan fingerprint density at radius 3 is 1.63 bits per heavy atom. The number of nitrogens with zero attached hydrogens (tertiary/aromatic N) is 2. The minimum absolute atomic E-state index is 0.00379. The first-order chi connectivity index (χ1) is 35.8. The van der Waals surface area contributed by atoms with E-state index in [1.807, 2.05) is 12.1 Å². The summed E-state index contributed by atoms with van der Waals surface area (Å²) in [5, 5.41) is 9.02. The molecule has 2 aliphatic heterocycles. The molecule has 0 saturated carbocycles. The molecule has 7 N–H and O–H groups in total. The number of fused-ring (bicyclic) bond motifs is 6. The Kier molecular flexibility index (Phi) is 16.5. The van der Waals surface area contributed by atoms with Crippen LogP contribution in [-0.2, 0) is 82.8 Å². The lowest BCUT2D eigenvalue weighted by Gasteiger charge is -2.32. The number of carbonyl (C=O) groups is 1. The van der Waals surface area contributed by atoms with Crippen LogP contribution in [0, 0.1) is 0 Å². The molecule has 0 bridgehead atoms. The molecule has 0 spiro atoms. The number of hydrogen-bond acceptors (Lipinski definition) is 15. The predicted molar refractivity (Wildman–Crippen MR) is 291 cm³/mol. The Hall–Kier alpha value is -5.63. The van der Waals surface area contributed by atoms with Crippen LogP contribution in [0.4, 0.5) is 11.4 Å². The van der Waals surface area contributed by atoms with Gasteiger partial charge in [0.2, 0.25) is 0 Å². The van der Waals surface area contributed by atoms with Crippen molar-refractivity contribution < 1.29 is 87.7 Å². The first kappa shape index (κ1) is 60.0. The van der Waals surface area contributed by atoms with E-state index in [2.05, 4.69) is 0 Å². The van der Waals surface area contributed by atoms with Crippen molar-refractivity contribution >= 4 is 105 Å². The molecule has 0 aromatic heterocycles. The molecule has 5 aromatic rings. The van der Waals surface area contributed by atoms with Crippen molar-refractivity contribution in [3.8, 4) is 0 Å². The number of aliphatic carboxylic acids is 1. The molecule has 422 valence electrons. The third kappa shape index (κ3) is 13.0. The monoisotopic (exact) mass is 1200 g/mol. The molecule has 0 fully saturated rings.